The van der Waals surface area contributed by atoms with E-state index in [9.17, 15) is 14.9 Å². The minimum atomic E-state index is -1.12. The molecule has 0 bridgehead atoms. The number of carboxylic acid groups (broad SMARTS) is 1. The van der Waals surface area contributed by atoms with Gasteiger partial charge < -0.3 is 19.8 Å². The monoisotopic (exact) mass is 248 g/mol. The Hall–Kier alpha value is -2.77. The number of aromatic carboxylic acids is 1. The summed E-state index contributed by atoms with van der Waals surface area (Å²) in [5.41, 5.74) is 0.421. The van der Waals surface area contributed by atoms with Gasteiger partial charge in [0, 0.05) is 0 Å². The van der Waals surface area contributed by atoms with Crippen molar-refractivity contribution < 1.29 is 14.8 Å². The molecule has 0 fully saturated rings. The van der Waals surface area contributed by atoms with Crippen molar-refractivity contribution in [2.45, 2.75) is 6.54 Å². The predicted molar refractivity (Wildman–Crippen MR) is 59.2 cm³/mol. The molecule has 0 aliphatic rings. The summed E-state index contributed by atoms with van der Waals surface area (Å²) >= 11 is 0. The minimum Gasteiger partial charge on any atom is -0.477 e. The van der Waals surface area contributed by atoms with E-state index in [2.05, 4.69) is 9.97 Å². The van der Waals surface area contributed by atoms with E-state index in [4.69, 9.17) is 5.11 Å². The smallest absolute Gasteiger partial charge is 0.381 e. The van der Waals surface area contributed by atoms with Gasteiger partial charge in [0.1, 0.15) is 11.9 Å². The molecule has 0 amide bonds. The second-order valence-corrected chi connectivity index (χ2v) is 3.48. The van der Waals surface area contributed by atoms with Gasteiger partial charge >= 0.3 is 11.8 Å². The summed E-state index contributed by atoms with van der Waals surface area (Å²) in [6.45, 7) is 0.224. The minimum absolute atomic E-state index is 0.0675. The van der Waals surface area contributed by atoms with Gasteiger partial charge in [0.2, 0.25) is 6.33 Å². The molecule has 18 heavy (non-hydrogen) atoms. The van der Waals surface area contributed by atoms with Crippen molar-refractivity contribution in [2.75, 3.05) is 0 Å². The summed E-state index contributed by atoms with van der Waals surface area (Å²) in [5, 5.41) is 19.2. The number of pyridine rings is 1. The topological polar surface area (TPSA) is 111 Å². The molecular weight excluding hydrogens is 240 g/mol. The van der Waals surface area contributed by atoms with Crippen LogP contribution in [-0.2, 0) is 6.54 Å². The number of hydrogen-bond donors (Lipinski definition) is 1. The van der Waals surface area contributed by atoms with Crippen LogP contribution >= 0.6 is 0 Å². The fraction of sp³-hybridized carbons (Fsp3) is 0.100. The van der Waals surface area contributed by atoms with E-state index in [1.54, 1.807) is 12.1 Å². The number of rotatable bonds is 4. The van der Waals surface area contributed by atoms with Crippen LogP contribution in [-0.4, -0.2) is 30.5 Å². The number of hydrogen-bond acceptors (Lipinski definition) is 5. The lowest BCUT2D eigenvalue weighted by Gasteiger charge is -2.01. The van der Waals surface area contributed by atoms with Crippen molar-refractivity contribution in [3.05, 3.63) is 52.2 Å². The summed E-state index contributed by atoms with van der Waals surface area (Å²) in [6, 6.07) is 4.58. The highest BCUT2D eigenvalue weighted by Gasteiger charge is 2.11. The number of nitro groups is 1. The van der Waals surface area contributed by atoms with Crippen molar-refractivity contribution >= 4 is 11.8 Å². The van der Waals surface area contributed by atoms with Gasteiger partial charge in [0.05, 0.1) is 12.2 Å². The molecule has 0 radical (unpaired) electrons. The lowest BCUT2D eigenvalue weighted by molar-refractivity contribution is -0.389. The Kier molecular flexibility index (Phi) is 3.00. The summed E-state index contributed by atoms with van der Waals surface area (Å²) in [7, 11) is 0. The highest BCUT2D eigenvalue weighted by atomic mass is 16.6. The van der Waals surface area contributed by atoms with Gasteiger partial charge in [-0.15, -0.1) is 0 Å². The molecule has 92 valence electrons. The molecule has 2 rings (SSSR count). The van der Waals surface area contributed by atoms with Crippen LogP contribution in [0.4, 0.5) is 5.82 Å². The van der Waals surface area contributed by atoms with Gasteiger partial charge in [-0.2, -0.15) is 0 Å². The van der Waals surface area contributed by atoms with Crippen LogP contribution in [0.5, 0.6) is 0 Å². The van der Waals surface area contributed by atoms with E-state index in [1.165, 1.54) is 23.2 Å². The number of carbonyl (C=O) groups is 1. The van der Waals surface area contributed by atoms with E-state index in [0.717, 1.165) is 0 Å². The molecule has 0 spiro atoms. The molecule has 2 heterocycles. The zero-order chi connectivity index (χ0) is 13.1. The average molecular weight is 248 g/mol. The van der Waals surface area contributed by atoms with E-state index < -0.39 is 10.9 Å². The zero-order valence-corrected chi connectivity index (χ0v) is 9.05. The maximum absolute atomic E-state index is 10.7. The van der Waals surface area contributed by atoms with Crippen LogP contribution < -0.4 is 0 Å². The summed E-state index contributed by atoms with van der Waals surface area (Å²) in [4.78, 5) is 28.1. The predicted octanol–water partition coefficient (Wildman–Crippen LogP) is 0.933. The SMILES string of the molecule is O=C(O)c1cccc(Cn2cnc([N+](=O)[O-])c2)n1. The Bertz CT molecular complexity index is 607. The summed E-state index contributed by atoms with van der Waals surface area (Å²) < 4.78 is 1.46. The fourth-order valence-corrected chi connectivity index (χ4v) is 1.40. The third-order valence-corrected chi connectivity index (χ3v) is 2.18. The Labute approximate surface area is 101 Å². The summed E-state index contributed by atoms with van der Waals surface area (Å²) in [6.07, 6.45) is 2.56. The van der Waals surface area contributed by atoms with Crippen LogP contribution in [0.2, 0.25) is 0 Å². The Morgan fingerprint density at radius 2 is 2.28 bits per heavy atom. The van der Waals surface area contributed by atoms with Crippen molar-refractivity contribution in [3.8, 4) is 0 Å². The molecule has 0 unspecified atom stereocenters. The maximum atomic E-state index is 10.7. The number of aromatic nitrogens is 3. The van der Waals surface area contributed by atoms with Crippen molar-refractivity contribution in [3.63, 3.8) is 0 Å². The first-order valence-electron chi connectivity index (χ1n) is 4.91. The standard InChI is InChI=1S/C10H8N4O4/c15-10(16)8-3-1-2-7(12-8)4-13-5-9(11-6-13)14(17)18/h1-3,5-6H,4H2,(H,15,16). The lowest BCUT2D eigenvalue weighted by Crippen LogP contribution is -2.05. The number of nitrogens with zero attached hydrogens (tertiary/aromatic N) is 4. The second kappa shape index (κ2) is 4.62. The Morgan fingerprint density at radius 3 is 2.89 bits per heavy atom. The molecule has 0 aliphatic carbocycles. The molecular formula is C10H8N4O4. The highest BCUT2D eigenvalue weighted by Crippen LogP contribution is 2.08. The van der Waals surface area contributed by atoms with Crippen LogP contribution in [0.25, 0.3) is 0 Å². The lowest BCUT2D eigenvalue weighted by atomic mass is 10.3. The quantitative estimate of drug-likeness (QED) is 0.636. The first kappa shape index (κ1) is 11.7. The van der Waals surface area contributed by atoms with Gasteiger partial charge in [-0.3, -0.25) is 0 Å². The largest absolute Gasteiger partial charge is 0.477 e. The van der Waals surface area contributed by atoms with Crippen LogP contribution in [0, 0.1) is 10.1 Å². The van der Waals surface area contributed by atoms with Crippen LogP contribution in [0.1, 0.15) is 16.2 Å². The maximum Gasteiger partial charge on any atom is 0.381 e. The third kappa shape index (κ3) is 2.48. The highest BCUT2D eigenvalue weighted by molar-refractivity contribution is 5.85. The second-order valence-electron chi connectivity index (χ2n) is 3.48. The van der Waals surface area contributed by atoms with E-state index in [-0.39, 0.29) is 18.1 Å². The van der Waals surface area contributed by atoms with Crippen LogP contribution in [0.15, 0.2) is 30.7 Å². The van der Waals surface area contributed by atoms with Crippen molar-refractivity contribution in [2.24, 2.45) is 0 Å². The van der Waals surface area contributed by atoms with E-state index in [0.29, 0.717) is 5.69 Å². The van der Waals surface area contributed by atoms with E-state index in [1.807, 2.05) is 0 Å². The average Bonchev–Trinajstić information content (AvgIpc) is 2.78. The molecule has 0 atom stereocenters. The fourth-order valence-electron chi connectivity index (χ4n) is 1.40. The zero-order valence-electron chi connectivity index (χ0n) is 9.05. The molecule has 2 aromatic heterocycles. The molecule has 0 aromatic carbocycles. The molecule has 8 heteroatoms. The van der Waals surface area contributed by atoms with Crippen molar-refractivity contribution in [1.82, 2.24) is 14.5 Å². The molecule has 2 aromatic rings. The number of carboxylic acids is 1. The first-order chi connectivity index (χ1) is 8.56. The Morgan fingerprint density at radius 1 is 1.50 bits per heavy atom. The molecule has 1 N–H and O–H groups in total. The first-order valence-corrected chi connectivity index (χ1v) is 4.91. The molecule has 0 aliphatic heterocycles. The molecule has 8 nitrogen and oxygen atoms in total. The number of imidazole rings is 1. The van der Waals surface area contributed by atoms with Gasteiger partial charge in [0.25, 0.3) is 0 Å². The third-order valence-electron chi connectivity index (χ3n) is 2.18. The Balaban J connectivity index is 2.20. The van der Waals surface area contributed by atoms with Crippen LogP contribution in [0.3, 0.4) is 0 Å². The van der Waals surface area contributed by atoms with Gasteiger partial charge in [-0.05, 0) is 22.0 Å². The van der Waals surface area contributed by atoms with Crippen molar-refractivity contribution in [1.29, 1.82) is 0 Å². The van der Waals surface area contributed by atoms with Gasteiger partial charge in [-0.1, -0.05) is 6.07 Å². The van der Waals surface area contributed by atoms with Gasteiger partial charge in [-0.25, -0.2) is 9.78 Å². The normalized spacial score (nSPS) is 10.2. The molecule has 0 saturated carbocycles. The molecule has 0 saturated heterocycles. The summed E-state index contributed by atoms with van der Waals surface area (Å²) in [5.74, 6) is -1.38. The van der Waals surface area contributed by atoms with Gasteiger partial charge in [0.15, 0.2) is 0 Å². The van der Waals surface area contributed by atoms with E-state index >= 15 is 0 Å².